The summed E-state index contributed by atoms with van der Waals surface area (Å²) >= 11 is 0. The lowest BCUT2D eigenvalue weighted by Crippen LogP contribution is -2.33. The first-order valence-corrected chi connectivity index (χ1v) is 7.67. The fourth-order valence-electron chi connectivity index (χ4n) is 3.59. The zero-order chi connectivity index (χ0) is 14.9. The number of hydrogen-bond donors (Lipinski definition) is 1. The van der Waals surface area contributed by atoms with Crippen LogP contribution in [-0.2, 0) is 0 Å². The van der Waals surface area contributed by atoms with Crippen LogP contribution in [0.25, 0.3) is 0 Å². The summed E-state index contributed by atoms with van der Waals surface area (Å²) in [5, 5.41) is 20.5. The highest BCUT2D eigenvalue weighted by Crippen LogP contribution is 2.49. The van der Waals surface area contributed by atoms with Crippen LogP contribution < -0.4 is 9.47 Å². The van der Waals surface area contributed by atoms with E-state index in [0.29, 0.717) is 17.4 Å². The van der Waals surface area contributed by atoms with Gasteiger partial charge in [-0.3, -0.25) is 0 Å². The fraction of sp³-hybridized carbons (Fsp3) is 0.588. The molecule has 4 nitrogen and oxygen atoms in total. The van der Waals surface area contributed by atoms with Crippen LogP contribution in [0.3, 0.4) is 0 Å². The van der Waals surface area contributed by atoms with Crippen molar-refractivity contribution in [3.05, 3.63) is 23.8 Å². The molecule has 0 aromatic heterocycles. The minimum Gasteiger partial charge on any atom is -0.454 e. The number of ether oxygens (including phenoxy) is 2. The second-order valence-electron chi connectivity index (χ2n) is 6.15. The zero-order valence-electron chi connectivity index (χ0n) is 12.3. The number of hydrogen-bond acceptors (Lipinski definition) is 4. The Balaban J connectivity index is 1.88. The van der Waals surface area contributed by atoms with Crippen molar-refractivity contribution in [1.82, 2.24) is 0 Å². The second-order valence-corrected chi connectivity index (χ2v) is 6.15. The third kappa shape index (κ3) is 2.47. The molecule has 3 rings (SSSR count). The van der Waals surface area contributed by atoms with E-state index in [4.69, 9.17) is 9.47 Å². The molecule has 1 saturated carbocycles. The number of nitriles is 1. The van der Waals surface area contributed by atoms with Crippen molar-refractivity contribution in [2.24, 2.45) is 11.3 Å². The van der Waals surface area contributed by atoms with Gasteiger partial charge in [-0.1, -0.05) is 32.3 Å². The van der Waals surface area contributed by atoms with E-state index < -0.39 is 11.5 Å². The Bertz CT molecular complexity index is 566. The van der Waals surface area contributed by atoms with Gasteiger partial charge in [0, 0.05) is 0 Å². The van der Waals surface area contributed by atoms with E-state index in [1.807, 2.05) is 18.2 Å². The summed E-state index contributed by atoms with van der Waals surface area (Å²) < 4.78 is 10.7. The van der Waals surface area contributed by atoms with E-state index >= 15 is 0 Å². The van der Waals surface area contributed by atoms with Gasteiger partial charge >= 0.3 is 0 Å². The first kappa shape index (κ1) is 14.2. The molecule has 112 valence electrons. The van der Waals surface area contributed by atoms with Gasteiger partial charge < -0.3 is 14.6 Å². The fourth-order valence-corrected chi connectivity index (χ4v) is 3.59. The van der Waals surface area contributed by atoms with Gasteiger partial charge in [0.2, 0.25) is 6.79 Å². The van der Waals surface area contributed by atoms with Crippen LogP contribution in [-0.4, -0.2) is 11.9 Å². The van der Waals surface area contributed by atoms with Crippen molar-refractivity contribution in [2.75, 3.05) is 6.79 Å². The molecule has 1 aromatic rings. The highest BCUT2D eigenvalue weighted by Gasteiger charge is 2.43. The predicted molar refractivity (Wildman–Crippen MR) is 77.8 cm³/mol. The number of benzene rings is 1. The smallest absolute Gasteiger partial charge is 0.231 e. The Morgan fingerprint density at radius 3 is 3.00 bits per heavy atom. The SMILES string of the molecule is CCC1CCCC(C#N)(C(O)c2ccc3c(c2)OCO3)C1. The van der Waals surface area contributed by atoms with E-state index in [0.717, 1.165) is 37.7 Å². The lowest BCUT2D eigenvalue weighted by molar-refractivity contribution is 0.0184. The van der Waals surface area contributed by atoms with Gasteiger partial charge in [0.25, 0.3) is 0 Å². The van der Waals surface area contributed by atoms with Crippen molar-refractivity contribution in [3.63, 3.8) is 0 Å². The largest absolute Gasteiger partial charge is 0.454 e. The maximum Gasteiger partial charge on any atom is 0.231 e. The molecule has 0 saturated heterocycles. The number of aliphatic hydroxyl groups is 1. The first-order chi connectivity index (χ1) is 10.2. The Kier molecular flexibility index (Phi) is 3.77. The summed E-state index contributed by atoms with van der Waals surface area (Å²) in [6, 6.07) is 7.88. The standard InChI is InChI=1S/C17H21NO3/c1-2-12-4-3-7-17(9-12,10-18)16(19)13-5-6-14-15(8-13)21-11-20-14/h5-6,8,12,16,19H,2-4,7,9,11H2,1H3. The quantitative estimate of drug-likeness (QED) is 0.923. The molecule has 1 fully saturated rings. The van der Waals surface area contributed by atoms with Crippen LogP contribution in [0.5, 0.6) is 11.5 Å². The molecule has 0 radical (unpaired) electrons. The van der Waals surface area contributed by atoms with E-state index in [1.54, 1.807) is 0 Å². The lowest BCUT2D eigenvalue weighted by atomic mass is 9.65. The molecule has 3 unspecified atom stereocenters. The molecule has 0 spiro atoms. The van der Waals surface area contributed by atoms with E-state index in [9.17, 15) is 10.4 Å². The van der Waals surface area contributed by atoms with Crippen molar-refractivity contribution < 1.29 is 14.6 Å². The zero-order valence-corrected chi connectivity index (χ0v) is 12.3. The number of rotatable bonds is 3. The van der Waals surface area contributed by atoms with Gasteiger partial charge in [-0.2, -0.15) is 5.26 Å². The molecule has 1 aliphatic heterocycles. The molecule has 1 N–H and O–H groups in total. The average molecular weight is 287 g/mol. The normalized spacial score (nSPS) is 28.9. The Morgan fingerprint density at radius 2 is 2.24 bits per heavy atom. The highest BCUT2D eigenvalue weighted by atomic mass is 16.7. The van der Waals surface area contributed by atoms with Gasteiger partial charge in [-0.15, -0.1) is 0 Å². The second kappa shape index (κ2) is 5.57. The number of nitrogens with zero attached hydrogens (tertiary/aromatic N) is 1. The number of fused-ring (bicyclic) bond motifs is 1. The summed E-state index contributed by atoms with van der Waals surface area (Å²) in [5.41, 5.74) is 0.0738. The summed E-state index contributed by atoms with van der Waals surface area (Å²) in [5.74, 6) is 1.89. The summed E-state index contributed by atoms with van der Waals surface area (Å²) in [7, 11) is 0. The lowest BCUT2D eigenvalue weighted by Gasteiger charge is -2.39. The molecule has 3 atom stereocenters. The van der Waals surface area contributed by atoms with Crippen molar-refractivity contribution >= 4 is 0 Å². The summed E-state index contributed by atoms with van der Waals surface area (Å²) in [6.07, 6.45) is 4.00. The molecule has 1 heterocycles. The Hall–Kier alpha value is -1.73. The molecule has 0 amide bonds. The van der Waals surface area contributed by atoms with Gasteiger partial charge in [0.05, 0.1) is 17.6 Å². The van der Waals surface area contributed by atoms with E-state index in [1.165, 1.54) is 0 Å². The maximum atomic E-state index is 10.8. The van der Waals surface area contributed by atoms with Gasteiger partial charge in [0.15, 0.2) is 11.5 Å². The van der Waals surface area contributed by atoms with Crippen LogP contribution >= 0.6 is 0 Å². The third-order valence-corrected chi connectivity index (χ3v) is 4.92. The summed E-state index contributed by atoms with van der Waals surface area (Å²) in [6.45, 7) is 2.38. The van der Waals surface area contributed by atoms with Crippen LogP contribution in [0, 0.1) is 22.7 Å². The molecule has 1 aromatic carbocycles. The Morgan fingerprint density at radius 1 is 1.43 bits per heavy atom. The molecule has 21 heavy (non-hydrogen) atoms. The molecule has 0 bridgehead atoms. The Labute approximate surface area is 125 Å². The van der Waals surface area contributed by atoms with Crippen LogP contribution in [0.2, 0.25) is 0 Å². The maximum absolute atomic E-state index is 10.8. The third-order valence-electron chi connectivity index (χ3n) is 4.92. The minimum absolute atomic E-state index is 0.218. The number of aliphatic hydroxyl groups excluding tert-OH is 1. The van der Waals surface area contributed by atoms with Gasteiger partial charge in [-0.25, -0.2) is 0 Å². The average Bonchev–Trinajstić information content (AvgIpc) is 3.01. The molecular weight excluding hydrogens is 266 g/mol. The van der Waals surface area contributed by atoms with Gasteiger partial charge in [0.1, 0.15) is 0 Å². The molecule has 4 heteroatoms. The molecule has 2 aliphatic rings. The van der Waals surface area contributed by atoms with Crippen LogP contribution in [0.1, 0.15) is 50.7 Å². The highest BCUT2D eigenvalue weighted by molar-refractivity contribution is 5.45. The van der Waals surface area contributed by atoms with E-state index in [2.05, 4.69) is 13.0 Å². The van der Waals surface area contributed by atoms with Crippen molar-refractivity contribution in [1.29, 1.82) is 5.26 Å². The first-order valence-electron chi connectivity index (χ1n) is 7.67. The van der Waals surface area contributed by atoms with E-state index in [-0.39, 0.29) is 6.79 Å². The van der Waals surface area contributed by atoms with Crippen LogP contribution in [0.4, 0.5) is 0 Å². The van der Waals surface area contributed by atoms with Crippen molar-refractivity contribution in [2.45, 2.75) is 45.1 Å². The minimum atomic E-state index is -0.772. The predicted octanol–water partition coefficient (Wildman–Crippen LogP) is 3.56. The monoisotopic (exact) mass is 287 g/mol. The summed E-state index contributed by atoms with van der Waals surface area (Å²) in [4.78, 5) is 0. The molecule has 1 aliphatic carbocycles. The topological polar surface area (TPSA) is 62.5 Å². The van der Waals surface area contributed by atoms with Crippen molar-refractivity contribution in [3.8, 4) is 17.6 Å². The van der Waals surface area contributed by atoms with Crippen LogP contribution in [0.15, 0.2) is 18.2 Å². The van der Waals surface area contributed by atoms with Gasteiger partial charge in [-0.05, 0) is 36.5 Å². The molecular formula is C17H21NO3.